The topological polar surface area (TPSA) is 91.8 Å². The molecule has 0 spiro atoms. The van der Waals surface area contributed by atoms with Crippen molar-refractivity contribution in [1.29, 1.82) is 5.26 Å². The van der Waals surface area contributed by atoms with E-state index < -0.39 is 5.97 Å². The second-order valence-corrected chi connectivity index (χ2v) is 2.97. The van der Waals surface area contributed by atoms with Crippen molar-refractivity contribution in [2.45, 2.75) is 0 Å². The zero-order chi connectivity index (χ0) is 11.5. The van der Waals surface area contributed by atoms with Gasteiger partial charge in [-0.2, -0.15) is 20.3 Å². The Morgan fingerprint density at radius 2 is 2.06 bits per heavy atom. The van der Waals surface area contributed by atoms with E-state index in [1.54, 1.807) is 0 Å². The Hall–Kier alpha value is -2.68. The summed E-state index contributed by atoms with van der Waals surface area (Å²) in [7, 11) is 0. The van der Waals surface area contributed by atoms with Crippen LogP contribution in [0.5, 0.6) is 0 Å². The van der Waals surface area contributed by atoms with Gasteiger partial charge in [0.2, 0.25) is 0 Å². The molecule has 0 fully saturated rings. The minimum absolute atomic E-state index is 0.0511. The van der Waals surface area contributed by atoms with E-state index in [2.05, 4.69) is 10.2 Å². The number of aromatic nitrogens is 3. The summed E-state index contributed by atoms with van der Waals surface area (Å²) in [5, 5.41) is 25.4. The number of carboxylic acids is 1. The van der Waals surface area contributed by atoms with Gasteiger partial charge in [-0.1, -0.05) is 0 Å². The highest BCUT2D eigenvalue weighted by Crippen LogP contribution is 2.14. The quantitative estimate of drug-likeness (QED) is 0.799. The van der Waals surface area contributed by atoms with Gasteiger partial charge in [0.25, 0.3) is 0 Å². The van der Waals surface area contributed by atoms with Gasteiger partial charge in [0.05, 0.1) is 29.6 Å². The maximum Gasteiger partial charge on any atom is 0.337 e. The molecule has 6 heteroatoms. The lowest BCUT2D eigenvalue weighted by Gasteiger charge is -2.04. The highest BCUT2D eigenvalue weighted by atomic mass is 16.4. The molecule has 16 heavy (non-hydrogen) atoms. The first kappa shape index (κ1) is 9.86. The van der Waals surface area contributed by atoms with Crippen molar-refractivity contribution in [3.63, 3.8) is 0 Å². The molecule has 0 bridgehead atoms. The molecular formula is C10H6N4O2. The van der Waals surface area contributed by atoms with E-state index in [4.69, 9.17) is 10.4 Å². The number of rotatable bonds is 2. The largest absolute Gasteiger partial charge is 0.478 e. The average Bonchev–Trinajstić information content (AvgIpc) is 2.81. The summed E-state index contributed by atoms with van der Waals surface area (Å²) in [6.07, 6.45) is 2.87. The summed E-state index contributed by atoms with van der Waals surface area (Å²) in [4.78, 5) is 12.1. The van der Waals surface area contributed by atoms with Crippen LogP contribution < -0.4 is 0 Å². The fourth-order valence-corrected chi connectivity index (χ4v) is 1.29. The number of benzene rings is 1. The second-order valence-electron chi connectivity index (χ2n) is 2.97. The van der Waals surface area contributed by atoms with Crippen molar-refractivity contribution < 1.29 is 9.90 Å². The van der Waals surface area contributed by atoms with Crippen LogP contribution in [0.1, 0.15) is 15.9 Å². The zero-order valence-electron chi connectivity index (χ0n) is 8.03. The Morgan fingerprint density at radius 1 is 1.38 bits per heavy atom. The van der Waals surface area contributed by atoms with E-state index in [1.807, 2.05) is 6.07 Å². The third-order valence-corrected chi connectivity index (χ3v) is 1.99. The molecule has 0 amide bonds. The molecule has 0 aliphatic carbocycles. The Morgan fingerprint density at radius 3 is 2.62 bits per heavy atom. The molecule has 1 heterocycles. The summed E-state index contributed by atoms with van der Waals surface area (Å²) < 4.78 is 0. The van der Waals surface area contributed by atoms with Crippen LogP contribution in [0.2, 0.25) is 0 Å². The first-order chi connectivity index (χ1) is 7.72. The summed E-state index contributed by atoms with van der Waals surface area (Å²) in [6.45, 7) is 0. The van der Waals surface area contributed by atoms with Crippen LogP contribution in [-0.4, -0.2) is 26.1 Å². The molecule has 0 atom stereocenters. The number of aromatic carboxylic acids is 1. The highest BCUT2D eigenvalue weighted by molar-refractivity contribution is 5.92. The van der Waals surface area contributed by atoms with Gasteiger partial charge in [0.15, 0.2) is 0 Å². The number of hydrogen-bond donors (Lipinski definition) is 1. The number of carboxylic acid groups (broad SMARTS) is 1. The average molecular weight is 214 g/mol. The standard InChI is InChI=1S/C10H6N4O2/c11-6-7-1-2-8(10(15)16)9(5-7)14-12-3-4-13-14/h1-5H,(H,15,16). The molecule has 1 aromatic carbocycles. The molecule has 2 aromatic rings. The smallest absolute Gasteiger partial charge is 0.337 e. The van der Waals surface area contributed by atoms with Crippen LogP contribution in [0.15, 0.2) is 30.6 Å². The number of nitrogens with zero attached hydrogens (tertiary/aromatic N) is 4. The van der Waals surface area contributed by atoms with Crippen LogP contribution in [0, 0.1) is 11.3 Å². The lowest BCUT2D eigenvalue weighted by Crippen LogP contribution is -2.08. The fourth-order valence-electron chi connectivity index (χ4n) is 1.29. The van der Waals surface area contributed by atoms with E-state index in [1.165, 1.54) is 35.4 Å². The normalized spacial score (nSPS) is 9.69. The third-order valence-electron chi connectivity index (χ3n) is 1.99. The summed E-state index contributed by atoms with van der Waals surface area (Å²) in [5.74, 6) is -1.09. The van der Waals surface area contributed by atoms with Crippen LogP contribution >= 0.6 is 0 Å². The van der Waals surface area contributed by atoms with Crippen LogP contribution in [-0.2, 0) is 0 Å². The van der Waals surface area contributed by atoms with Crippen molar-refractivity contribution in [3.05, 3.63) is 41.7 Å². The maximum atomic E-state index is 11.0. The maximum absolute atomic E-state index is 11.0. The molecular weight excluding hydrogens is 208 g/mol. The van der Waals surface area contributed by atoms with Gasteiger partial charge in [-0.15, -0.1) is 0 Å². The van der Waals surface area contributed by atoms with Gasteiger partial charge >= 0.3 is 5.97 Å². The molecule has 6 nitrogen and oxygen atoms in total. The molecule has 0 aliphatic rings. The van der Waals surface area contributed by atoms with Crippen LogP contribution in [0.25, 0.3) is 5.69 Å². The monoisotopic (exact) mass is 214 g/mol. The minimum Gasteiger partial charge on any atom is -0.478 e. The summed E-state index contributed by atoms with van der Waals surface area (Å²) >= 11 is 0. The molecule has 0 radical (unpaired) electrons. The third kappa shape index (κ3) is 1.62. The van der Waals surface area contributed by atoms with Crippen molar-refractivity contribution in [2.75, 3.05) is 0 Å². The van der Waals surface area contributed by atoms with Gasteiger partial charge in [-0.05, 0) is 18.2 Å². The number of hydrogen-bond acceptors (Lipinski definition) is 4. The van der Waals surface area contributed by atoms with E-state index in [0.717, 1.165) is 0 Å². The van der Waals surface area contributed by atoms with Crippen LogP contribution in [0.3, 0.4) is 0 Å². The minimum atomic E-state index is -1.09. The van der Waals surface area contributed by atoms with E-state index in [9.17, 15) is 4.79 Å². The molecule has 0 aliphatic heterocycles. The van der Waals surface area contributed by atoms with Crippen molar-refractivity contribution >= 4 is 5.97 Å². The Labute approximate surface area is 90.4 Å². The molecule has 78 valence electrons. The Balaban J connectivity index is 2.65. The first-order valence-corrected chi connectivity index (χ1v) is 4.36. The molecule has 0 saturated carbocycles. The number of nitriles is 1. The summed E-state index contributed by atoms with van der Waals surface area (Å²) in [6, 6.07) is 6.17. The predicted octanol–water partition coefficient (Wildman–Crippen LogP) is 0.837. The Kier molecular flexibility index (Phi) is 2.36. The van der Waals surface area contributed by atoms with E-state index >= 15 is 0 Å². The van der Waals surface area contributed by atoms with Crippen LogP contribution in [0.4, 0.5) is 0 Å². The van der Waals surface area contributed by atoms with Gasteiger partial charge in [-0.3, -0.25) is 0 Å². The number of carbonyl (C=O) groups is 1. The molecule has 1 N–H and O–H groups in total. The predicted molar refractivity (Wildman–Crippen MR) is 53.0 cm³/mol. The fraction of sp³-hybridized carbons (Fsp3) is 0. The van der Waals surface area contributed by atoms with Gasteiger partial charge in [-0.25, -0.2) is 4.79 Å². The first-order valence-electron chi connectivity index (χ1n) is 4.36. The molecule has 1 aromatic heterocycles. The Bertz CT molecular complexity index is 569. The van der Waals surface area contributed by atoms with Crippen molar-refractivity contribution in [1.82, 2.24) is 15.0 Å². The molecule has 0 saturated heterocycles. The second kappa shape index (κ2) is 3.82. The molecule has 0 unspecified atom stereocenters. The van der Waals surface area contributed by atoms with Crippen molar-refractivity contribution in [3.8, 4) is 11.8 Å². The van der Waals surface area contributed by atoms with Gasteiger partial charge in [0.1, 0.15) is 5.69 Å². The van der Waals surface area contributed by atoms with Gasteiger partial charge < -0.3 is 5.11 Å². The summed E-state index contributed by atoms with van der Waals surface area (Å²) in [5.41, 5.74) is 0.684. The molecule has 2 rings (SSSR count). The van der Waals surface area contributed by atoms with Gasteiger partial charge in [0, 0.05) is 0 Å². The SMILES string of the molecule is N#Cc1ccc(C(=O)O)c(-n2nccn2)c1. The van der Waals surface area contributed by atoms with E-state index in [0.29, 0.717) is 5.56 Å². The lowest BCUT2D eigenvalue weighted by molar-refractivity contribution is 0.0696. The highest BCUT2D eigenvalue weighted by Gasteiger charge is 2.13. The van der Waals surface area contributed by atoms with Crippen molar-refractivity contribution in [2.24, 2.45) is 0 Å². The van der Waals surface area contributed by atoms with E-state index in [-0.39, 0.29) is 11.3 Å². The lowest BCUT2D eigenvalue weighted by atomic mass is 10.1. The zero-order valence-corrected chi connectivity index (χ0v) is 8.03.